The predicted octanol–water partition coefficient (Wildman–Crippen LogP) is 0.782. The largest absolute Gasteiger partial charge is 0.241 e. The van der Waals surface area contributed by atoms with Gasteiger partial charge in [0.15, 0.2) is 0 Å². The fourth-order valence-corrected chi connectivity index (χ4v) is 1.83. The summed E-state index contributed by atoms with van der Waals surface area (Å²) < 4.78 is 34.5. The van der Waals surface area contributed by atoms with E-state index >= 15 is 0 Å². The normalized spacial score (nSPS) is 11.6. The first-order valence-electron chi connectivity index (χ1n) is 3.21. The number of halogens is 1. The van der Waals surface area contributed by atoms with Crippen molar-refractivity contribution >= 4 is 10.0 Å². The quantitative estimate of drug-likeness (QED) is 0.709. The first-order chi connectivity index (χ1) is 5.43. The lowest BCUT2D eigenvalue weighted by Crippen LogP contribution is -2.15. The number of benzene rings is 1. The van der Waals surface area contributed by atoms with Gasteiger partial charge in [0.1, 0.15) is 10.7 Å². The van der Waals surface area contributed by atoms with Gasteiger partial charge >= 0.3 is 0 Å². The fraction of sp³-hybridized carbons (Fsp3) is 0.143. The van der Waals surface area contributed by atoms with Gasteiger partial charge in [-0.05, 0) is 18.6 Å². The van der Waals surface area contributed by atoms with Gasteiger partial charge in [-0.15, -0.1) is 0 Å². The topological polar surface area (TPSA) is 60.2 Å². The van der Waals surface area contributed by atoms with E-state index in [0.29, 0.717) is 5.56 Å². The third-order valence-corrected chi connectivity index (χ3v) is 2.53. The summed E-state index contributed by atoms with van der Waals surface area (Å²) >= 11 is 0. The van der Waals surface area contributed by atoms with Gasteiger partial charge in [0.2, 0.25) is 10.0 Å². The first-order valence-corrected chi connectivity index (χ1v) is 4.75. The van der Waals surface area contributed by atoms with Crippen LogP contribution in [-0.4, -0.2) is 8.42 Å². The molecule has 0 unspecified atom stereocenters. The third kappa shape index (κ3) is 1.62. The van der Waals surface area contributed by atoms with E-state index in [4.69, 9.17) is 5.14 Å². The number of nitrogens with two attached hydrogens (primary N) is 1. The van der Waals surface area contributed by atoms with Crippen molar-refractivity contribution in [2.75, 3.05) is 0 Å². The second kappa shape index (κ2) is 2.84. The van der Waals surface area contributed by atoms with Crippen molar-refractivity contribution in [3.8, 4) is 0 Å². The highest BCUT2D eigenvalue weighted by Gasteiger charge is 2.15. The minimum absolute atomic E-state index is 0.317. The van der Waals surface area contributed by atoms with Crippen molar-refractivity contribution in [3.63, 3.8) is 0 Å². The van der Waals surface area contributed by atoms with Gasteiger partial charge in [-0.2, -0.15) is 0 Å². The Balaban J connectivity index is 3.53. The van der Waals surface area contributed by atoms with Crippen LogP contribution in [0.5, 0.6) is 0 Å². The average Bonchev–Trinajstić information content (AvgIpc) is 1.82. The lowest BCUT2D eigenvalue weighted by Gasteiger charge is -2.02. The van der Waals surface area contributed by atoms with Crippen LogP contribution >= 0.6 is 0 Å². The number of rotatable bonds is 1. The number of hydrogen-bond acceptors (Lipinski definition) is 2. The molecule has 0 spiro atoms. The van der Waals surface area contributed by atoms with Gasteiger partial charge in [-0.1, -0.05) is 12.1 Å². The van der Waals surface area contributed by atoms with Crippen molar-refractivity contribution in [1.29, 1.82) is 0 Å². The lowest BCUT2D eigenvalue weighted by molar-refractivity contribution is 0.566. The van der Waals surface area contributed by atoms with Crippen molar-refractivity contribution in [3.05, 3.63) is 29.6 Å². The van der Waals surface area contributed by atoms with Crippen LogP contribution in [0.1, 0.15) is 5.56 Å². The van der Waals surface area contributed by atoms with Crippen LogP contribution in [0.25, 0.3) is 0 Å². The molecule has 3 nitrogen and oxygen atoms in total. The highest BCUT2D eigenvalue weighted by Crippen LogP contribution is 2.16. The monoisotopic (exact) mass is 189 g/mol. The molecule has 0 atom stereocenters. The Bertz CT molecular complexity index is 380. The summed E-state index contributed by atoms with van der Waals surface area (Å²) in [5, 5.41) is 4.79. The molecule has 66 valence electrons. The van der Waals surface area contributed by atoms with Crippen LogP contribution in [0.4, 0.5) is 4.39 Å². The molecule has 0 bridgehead atoms. The SMILES string of the molecule is Cc1cccc(F)c1S(N)(=O)=O. The molecule has 2 N–H and O–H groups in total. The Hall–Kier alpha value is -0.940. The zero-order valence-corrected chi connectivity index (χ0v) is 7.23. The molecule has 12 heavy (non-hydrogen) atoms. The van der Waals surface area contributed by atoms with Gasteiger partial charge in [0.25, 0.3) is 0 Å². The number of sulfonamides is 1. The molecule has 0 saturated carbocycles. The summed E-state index contributed by atoms with van der Waals surface area (Å²) in [5.41, 5.74) is 0.317. The highest BCUT2D eigenvalue weighted by atomic mass is 32.2. The van der Waals surface area contributed by atoms with E-state index in [-0.39, 0.29) is 0 Å². The maximum atomic E-state index is 12.9. The van der Waals surface area contributed by atoms with Crippen molar-refractivity contribution < 1.29 is 12.8 Å². The second-order valence-corrected chi connectivity index (χ2v) is 3.93. The molecule has 1 aromatic rings. The summed E-state index contributed by atoms with van der Waals surface area (Å²) in [4.78, 5) is -0.426. The lowest BCUT2D eigenvalue weighted by atomic mass is 10.2. The Kier molecular flexibility index (Phi) is 2.16. The molecule has 0 saturated heterocycles. The maximum Gasteiger partial charge on any atom is 0.241 e. The molecule has 0 fully saturated rings. The molecule has 0 aliphatic heterocycles. The summed E-state index contributed by atoms with van der Waals surface area (Å²) in [5.74, 6) is -0.808. The Morgan fingerprint density at radius 3 is 2.33 bits per heavy atom. The standard InChI is InChI=1S/C7H8FNO2S/c1-5-3-2-4-6(8)7(5)12(9,10)11/h2-4H,1H3,(H2,9,10,11). The van der Waals surface area contributed by atoms with E-state index in [2.05, 4.69) is 0 Å². The van der Waals surface area contributed by atoms with E-state index in [9.17, 15) is 12.8 Å². The first kappa shape index (κ1) is 9.15. The highest BCUT2D eigenvalue weighted by molar-refractivity contribution is 7.89. The van der Waals surface area contributed by atoms with Gasteiger partial charge in [-0.25, -0.2) is 17.9 Å². The summed E-state index contributed by atoms with van der Waals surface area (Å²) in [7, 11) is -3.94. The van der Waals surface area contributed by atoms with Crippen molar-refractivity contribution in [2.24, 2.45) is 5.14 Å². The molecular weight excluding hydrogens is 181 g/mol. The van der Waals surface area contributed by atoms with Crippen LogP contribution in [0, 0.1) is 12.7 Å². The van der Waals surface area contributed by atoms with Gasteiger partial charge in [-0.3, -0.25) is 0 Å². The van der Waals surface area contributed by atoms with Crippen LogP contribution in [0.3, 0.4) is 0 Å². The molecule has 1 aromatic carbocycles. The van der Waals surface area contributed by atoms with E-state index < -0.39 is 20.7 Å². The van der Waals surface area contributed by atoms with Gasteiger partial charge in [0, 0.05) is 0 Å². The summed E-state index contributed by atoms with van der Waals surface area (Å²) in [6, 6.07) is 3.98. The third-order valence-electron chi connectivity index (χ3n) is 1.45. The zero-order valence-electron chi connectivity index (χ0n) is 6.41. The smallest absolute Gasteiger partial charge is 0.225 e. The Morgan fingerprint density at radius 1 is 1.42 bits per heavy atom. The van der Waals surface area contributed by atoms with Crippen molar-refractivity contribution in [1.82, 2.24) is 0 Å². The predicted molar refractivity (Wildman–Crippen MR) is 42.5 cm³/mol. The van der Waals surface area contributed by atoms with Crippen molar-refractivity contribution in [2.45, 2.75) is 11.8 Å². The molecule has 0 aromatic heterocycles. The van der Waals surface area contributed by atoms with Crippen LogP contribution < -0.4 is 5.14 Å². The Labute approximate surface area is 70.1 Å². The molecule has 0 amide bonds. The van der Waals surface area contributed by atoms with Gasteiger partial charge < -0.3 is 0 Å². The molecule has 0 heterocycles. The van der Waals surface area contributed by atoms with E-state index in [1.807, 2.05) is 0 Å². The van der Waals surface area contributed by atoms with Gasteiger partial charge in [0.05, 0.1) is 0 Å². The van der Waals surface area contributed by atoms with Crippen LogP contribution in [-0.2, 0) is 10.0 Å². The zero-order chi connectivity index (χ0) is 9.35. The summed E-state index contributed by atoms with van der Waals surface area (Å²) in [6.45, 7) is 1.49. The molecule has 0 aliphatic rings. The van der Waals surface area contributed by atoms with Crippen LogP contribution in [0.2, 0.25) is 0 Å². The van der Waals surface area contributed by atoms with E-state index in [1.54, 1.807) is 0 Å². The molecule has 1 rings (SSSR count). The minimum atomic E-state index is -3.94. The van der Waals surface area contributed by atoms with E-state index in [0.717, 1.165) is 6.07 Å². The minimum Gasteiger partial charge on any atom is -0.225 e. The molecule has 0 aliphatic carbocycles. The molecule has 5 heteroatoms. The number of primary sulfonamides is 1. The Morgan fingerprint density at radius 2 is 2.00 bits per heavy atom. The molecular formula is C7H8FNO2S. The summed E-state index contributed by atoms with van der Waals surface area (Å²) in [6.07, 6.45) is 0. The second-order valence-electron chi connectivity index (χ2n) is 2.43. The number of aryl methyl sites for hydroxylation is 1. The average molecular weight is 189 g/mol. The molecule has 0 radical (unpaired) electrons. The fourth-order valence-electron chi connectivity index (χ4n) is 0.977. The maximum absolute atomic E-state index is 12.9. The number of hydrogen-bond donors (Lipinski definition) is 1. The van der Waals surface area contributed by atoms with E-state index in [1.165, 1.54) is 19.1 Å². The van der Waals surface area contributed by atoms with Crippen LogP contribution in [0.15, 0.2) is 23.1 Å².